The highest BCUT2D eigenvalue weighted by molar-refractivity contribution is 5.82. The Hall–Kier alpha value is -3.02. The van der Waals surface area contributed by atoms with Crippen molar-refractivity contribution in [3.63, 3.8) is 0 Å². The highest BCUT2D eigenvalue weighted by Gasteiger charge is 2.45. The van der Waals surface area contributed by atoms with Crippen molar-refractivity contribution in [2.45, 2.75) is 76.3 Å². The third-order valence-electron chi connectivity index (χ3n) is 6.42. The molecule has 0 amide bonds. The average molecular weight is 467 g/mol. The van der Waals surface area contributed by atoms with E-state index in [9.17, 15) is 9.59 Å². The van der Waals surface area contributed by atoms with Crippen LogP contribution in [0.1, 0.15) is 65.5 Å². The number of nitrogens with zero attached hydrogens (tertiary/aromatic N) is 2. The van der Waals surface area contributed by atoms with E-state index in [1.54, 1.807) is 13.8 Å². The molecule has 0 aromatic heterocycles. The molecule has 2 rings (SSSR count). The van der Waals surface area contributed by atoms with Gasteiger partial charge in [0.25, 0.3) is 0 Å². The van der Waals surface area contributed by atoms with Crippen molar-refractivity contribution in [3.8, 4) is 0 Å². The summed E-state index contributed by atoms with van der Waals surface area (Å²) in [5, 5.41) is 9.01. The molecule has 0 spiro atoms. The maximum Gasteiger partial charge on any atom is 0.335 e. The SMILES string of the molecule is COC(=O)C(C)(CC(C)(C)c1ccccc1)N=NC(C)(CC(C)(C)c1ccccc1)C(=O)OC. The molecule has 2 atom stereocenters. The number of carbonyl (C=O) groups is 2. The second-order valence-electron chi connectivity index (χ2n) is 10.6. The summed E-state index contributed by atoms with van der Waals surface area (Å²) in [4.78, 5) is 25.8. The van der Waals surface area contributed by atoms with Gasteiger partial charge in [-0.3, -0.25) is 0 Å². The van der Waals surface area contributed by atoms with Gasteiger partial charge in [0.1, 0.15) is 0 Å². The monoisotopic (exact) mass is 466 g/mol. The smallest absolute Gasteiger partial charge is 0.335 e. The van der Waals surface area contributed by atoms with Gasteiger partial charge in [0.2, 0.25) is 0 Å². The molecule has 0 saturated carbocycles. The Morgan fingerprint density at radius 1 is 0.618 bits per heavy atom. The summed E-state index contributed by atoms with van der Waals surface area (Å²) in [6, 6.07) is 19.9. The number of benzene rings is 2. The number of azo groups is 1. The van der Waals surface area contributed by atoms with Crippen molar-refractivity contribution in [1.82, 2.24) is 0 Å². The zero-order valence-corrected chi connectivity index (χ0v) is 21.7. The van der Waals surface area contributed by atoms with Crippen molar-refractivity contribution in [1.29, 1.82) is 0 Å². The zero-order valence-electron chi connectivity index (χ0n) is 21.7. The first-order chi connectivity index (χ1) is 15.8. The lowest BCUT2D eigenvalue weighted by atomic mass is 9.74. The van der Waals surface area contributed by atoms with Gasteiger partial charge in [-0.05, 0) is 48.6 Å². The summed E-state index contributed by atoms with van der Waals surface area (Å²) in [5.74, 6) is -1.01. The van der Waals surface area contributed by atoms with Gasteiger partial charge in [-0.1, -0.05) is 88.4 Å². The predicted molar refractivity (Wildman–Crippen MR) is 134 cm³/mol. The average Bonchev–Trinajstić information content (AvgIpc) is 2.82. The van der Waals surface area contributed by atoms with Gasteiger partial charge in [-0.15, -0.1) is 0 Å². The molecule has 6 nitrogen and oxygen atoms in total. The van der Waals surface area contributed by atoms with Crippen LogP contribution in [-0.4, -0.2) is 37.2 Å². The molecule has 6 heteroatoms. The molecule has 34 heavy (non-hydrogen) atoms. The fourth-order valence-electron chi connectivity index (χ4n) is 4.66. The first-order valence-electron chi connectivity index (χ1n) is 11.5. The molecular weight excluding hydrogens is 428 g/mol. The number of rotatable bonds is 10. The van der Waals surface area contributed by atoms with Crippen molar-refractivity contribution in [2.24, 2.45) is 10.2 Å². The minimum absolute atomic E-state index is 0.347. The van der Waals surface area contributed by atoms with Crippen LogP contribution >= 0.6 is 0 Å². The topological polar surface area (TPSA) is 77.3 Å². The first-order valence-corrected chi connectivity index (χ1v) is 11.5. The number of esters is 2. The molecule has 0 radical (unpaired) electrons. The molecule has 0 saturated heterocycles. The maximum absolute atomic E-state index is 12.9. The minimum Gasteiger partial charge on any atom is -0.467 e. The van der Waals surface area contributed by atoms with Gasteiger partial charge in [0.15, 0.2) is 11.1 Å². The van der Waals surface area contributed by atoms with E-state index in [0.29, 0.717) is 12.8 Å². The Morgan fingerprint density at radius 2 is 0.912 bits per heavy atom. The Labute approximate surface area is 203 Å². The number of methoxy groups -OCH3 is 2. The van der Waals surface area contributed by atoms with E-state index in [1.807, 2.05) is 60.7 Å². The van der Waals surface area contributed by atoms with E-state index in [4.69, 9.17) is 9.47 Å². The quantitative estimate of drug-likeness (QED) is 0.316. The summed E-state index contributed by atoms with van der Waals surface area (Å²) < 4.78 is 10.2. The van der Waals surface area contributed by atoms with E-state index in [-0.39, 0.29) is 0 Å². The minimum atomic E-state index is -1.29. The van der Waals surface area contributed by atoms with E-state index < -0.39 is 33.8 Å². The summed E-state index contributed by atoms with van der Waals surface area (Å²) >= 11 is 0. The fraction of sp³-hybridized carbons (Fsp3) is 0.500. The van der Waals surface area contributed by atoms with Crippen LogP contribution in [0, 0.1) is 0 Å². The molecule has 2 unspecified atom stereocenters. The van der Waals surface area contributed by atoms with Crippen LogP contribution in [0.25, 0.3) is 0 Å². The lowest BCUT2D eigenvalue weighted by molar-refractivity contribution is -0.149. The highest BCUT2D eigenvalue weighted by atomic mass is 16.5. The van der Waals surface area contributed by atoms with Crippen molar-refractivity contribution >= 4 is 11.9 Å². The van der Waals surface area contributed by atoms with Crippen LogP contribution in [0.5, 0.6) is 0 Å². The summed E-state index contributed by atoms with van der Waals surface area (Å²) in [6.07, 6.45) is 0.693. The second-order valence-corrected chi connectivity index (χ2v) is 10.6. The van der Waals surface area contributed by atoms with Crippen molar-refractivity contribution in [2.75, 3.05) is 14.2 Å². The Kier molecular flexibility index (Phi) is 8.40. The van der Waals surface area contributed by atoms with Gasteiger partial charge in [-0.2, -0.15) is 10.2 Å². The van der Waals surface area contributed by atoms with Crippen molar-refractivity contribution in [3.05, 3.63) is 71.8 Å². The molecule has 0 heterocycles. The highest BCUT2D eigenvalue weighted by Crippen LogP contribution is 2.38. The Balaban J connectivity index is 2.46. The van der Waals surface area contributed by atoms with Crippen LogP contribution in [0.3, 0.4) is 0 Å². The molecule has 0 bridgehead atoms. The van der Waals surface area contributed by atoms with Crippen LogP contribution in [0.15, 0.2) is 70.9 Å². The second kappa shape index (κ2) is 10.5. The first kappa shape index (κ1) is 27.2. The lowest BCUT2D eigenvalue weighted by Gasteiger charge is -2.35. The zero-order chi connectivity index (χ0) is 25.6. The molecule has 0 aliphatic carbocycles. The van der Waals surface area contributed by atoms with Crippen LogP contribution in [-0.2, 0) is 29.9 Å². The third-order valence-corrected chi connectivity index (χ3v) is 6.42. The lowest BCUT2D eigenvalue weighted by Crippen LogP contribution is -2.43. The molecule has 184 valence electrons. The molecular formula is C28H38N2O4. The van der Waals surface area contributed by atoms with Crippen molar-refractivity contribution < 1.29 is 19.1 Å². The van der Waals surface area contributed by atoms with Crippen LogP contribution in [0.2, 0.25) is 0 Å². The Morgan fingerprint density at radius 3 is 1.18 bits per heavy atom. The molecule has 2 aromatic carbocycles. The van der Waals surface area contributed by atoms with Gasteiger partial charge >= 0.3 is 11.9 Å². The van der Waals surface area contributed by atoms with E-state index in [2.05, 4.69) is 37.9 Å². The summed E-state index contributed by atoms with van der Waals surface area (Å²) in [7, 11) is 2.67. The Bertz CT molecular complexity index is 920. The number of hydrogen-bond donors (Lipinski definition) is 0. The standard InChI is InChI=1S/C28H38N2O4/c1-25(2,21-15-11-9-12-16-21)19-27(5,23(31)33-7)29-30-28(6,24(32)34-8)20-26(3,4)22-17-13-10-14-18-22/h9-18H,19-20H2,1-8H3. The largest absolute Gasteiger partial charge is 0.467 e. The van der Waals surface area contributed by atoms with Gasteiger partial charge in [0, 0.05) is 0 Å². The number of carbonyl (C=O) groups excluding carboxylic acids is 2. The maximum atomic E-state index is 12.9. The molecule has 2 aromatic rings. The van der Waals surface area contributed by atoms with Crippen LogP contribution in [0.4, 0.5) is 0 Å². The summed E-state index contributed by atoms with van der Waals surface area (Å²) in [6.45, 7) is 11.6. The van der Waals surface area contributed by atoms with E-state index in [0.717, 1.165) is 11.1 Å². The van der Waals surface area contributed by atoms with Crippen LogP contribution < -0.4 is 0 Å². The summed E-state index contributed by atoms with van der Waals surface area (Å²) in [5.41, 5.74) is -1.23. The third kappa shape index (κ3) is 6.31. The predicted octanol–water partition coefficient (Wildman–Crippen LogP) is 6.04. The van der Waals surface area contributed by atoms with Gasteiger partial charge in [-0.25, -0.2) is 9.59 Å². The van der Waals surface area contributed by atoms with E-state index in [1.165, 1.54) is 14.2 Å². The number of hydrogen-bond acceptors (Lipinski definition) is 6. The number of ether oxygens (including phenoxy) is 2. The fourth-order valence-corrected chi connectivity index (χ4v) is 4.66. The van der Waals surface area contributed by atoms with E-state index >= 15 is 0 Å². The molecule has 0 fully saturated rings. The normalized spacial score (nSPS) is 15.9. The molecule has 0 aliphatic rings. The van der Waals surface area contributed by atoms with Gasteiger partial charge in [0.05, 0.1) is 14.2 Å². The molecule has 0 aliphatic heterocycles. The van der Waals surface area contributed by atoms with Gasteiger partial charge < -0.3 is 9.47 Å². The molecule has 0 N–H and O–H groups in total.